The highest BCUT2D eigenvalue weighted by Gasteiger charge is 2.35. The van der Waals surface area contributed by atoms with Crippen molar-refractivity contribution in [3.8, 4) is 0 Å². The molecule has 1 aromatic rings. The molecule has 3 rings (SSSR count). The Morgan fingerprint density at radius 1 is 1.00 bits per heavy atom. The quantitative estimate of drug-likeness (QED) is 0.872. The van der Waals surface area contributed by atoms with E-state index >= 15 is 0 Å². The molecule has 2 aliphatic rings. The van der Waals surface area contributed by atoms with Crippen LogP contribution < -0.4 is 10.6 Å². The Balaban J connectivity index is 1.58. The first-order valence-corrected chi connectivity index (χ1v) is 9.15. The van der Waals surface area contributed by atoms with Gasteiger partial charge < -0.3 is 15.5 Å². The summed E-state index contributed by atoms with van der Waals surface area (Å²) < 4.78 is 0. The smallest absolute Gasteiger partial charge is 0.318 e. The number of nitrogens with zero attached hydrogens (tertiary/aromatic N) is 1. The van der Waals surface area contributed by atoms with E-state index in [0.29, 0.717) is 23.7 Å². The summed E-state index contributed by atoms with van der Waals surface area (Å²) in [6, 6.07) is 6.76. The Kier molecular flexibility index (Phi) is 5.61. The van der Waals surface area contributed by atoms with Crippen molar-refractivity contribution in [2.75, 3.05) is 11.9 Å². The second kappa shape index (κ2) is 7.88. The van der Waals surface area contributed by atoms with Crippen molar-refractivity contribution in [2.45, 2.75) is 57.0 Å². The monoisotopic (exact) mass is 349 g/mol. The number of hydrogen-bond donors (Lipinski definition) is 2. The minimum atomic E-state index is -0.399. The number of halogens is 1. The number of benzene rings is 1. The molecule has 0 spiro atoms. The average Bonchev–Trinajstić information content (AvgIpc) is 3.08. The normalized spacial score (nSPS) is 21.5. The van der Waals surface area contributed by atoms with Crippen molar-refractivity contribution in [1.29, 1.82) is 0 Å². The molecule has 1 saturated heterocycles. The molecule has 0 aromatic heterocycles. The molecule has 2 N–H and O–H groups in total. The van der Waals surface area contributed by atoms with Crippen LogP contribution in [-0.4, -0.2) is 35.5 Å². The second-order valence-electron chi connectivity index (χ2n) is 6.63. The minimum absolute atomic E-state index is 0.101. The van der Waals surface area contributed by atoms with Crippen LogP contribution in [0.15, 0.2) is 24.3 Å². The molecule has 0 radical (unpaired) electrons. The molecule has 1 saturated carbocycles. The Labute approximate surface area is 147 Å². The number of urea groups is 1. The van der Waals surface area contributed by atoms with Gasteiger partial charge in [-0.1, -0.05) is 30.9 Å². The maximum atomic E-state index is 12.5. The molecular weight excluding hydrogens is 326 g/mol. The van der Waals surface area contributed by atoms with Crippen LogP contribution in [0.5, 0.6) is 0 Å². The first-order chi connectivity index (χ1) is 11.6. The van der Waals surface area contributed by atoms with E-state index < -0.39 is 6.04 Å². The van der Waals surface area contributed by atoms with Crippen molar-refractivity contribution in [2.24, 2.45) is 0 Å². The third-order valence-corrected chi connectivity index (χ3v) is 5.11. The molecule has 1 aromatic carbocycles. The topological polar surface area (TPSA) is 61.4 Å². The summed E-state index contributed by atoms with van der Waals surface area (Å²) in [5, 5.41) is 6.61. The van der Waals surface area contributed by atoms with Crippen molar-refractivity contribution in [3.05, 3.63) is 29.3 Å². The maximum absolute atomic E-state index is 12.5. The number of likely N-dealkylation sites (tertiary alicyclic amines) is 1. The zero-order valence-corrected chi connectivity index (χ0v) is 14.5. The Morgan fingerprint density at radius 3 is 2.42 bits per heavy atom. The van der Waals surface area contributed by atoms with Crippen molar-refractivity contribution >= 4 is 29.2 Å². The lowest BCUT2D eigenvalue weighted by molar-refractivity contribution is -0.119. The fourth-order valence-corrected chi connectivity index (χ4v) is 3.67. The molecule has 1 heterocycles. The van der Waals surface area contributed by atoms with Gasteiger partial charge in [0.05, 0.1) is 0 Å². The van der Waals surface area contributed by atoms with Gasteiger partial charge in [-0.2, -0.15) is 0 Å². The molecule has 0 bridgehead atoms. The van der Waals surface area contributed by atoms with Crippen LogP contribution in [-0.2, 0) is 4.79 Å². The van der Waals surface area contributed by atoms with Gasteiger partial charge in [-0.3, -0.25) is 4.79 Å². The number of anilines is 1. The van der Waals surface area contributed by atoms with Gasteiger partial charge in [0.25, 0.3) is 0 Å². The first kappa shape index (κ1) is 17.1. The largest absolute Gasteiger partial charge is 0.335 e. The Bertz CT molecular complexity index is 584. The Hall–Kier alpha value is -1.75. The molecule has 3 amide bonds. The molecule has 6 heteroatoms. The third-order valence-electron chi connectivity index (χ3n) is 4.86. The van der Waals surface area contributed by atoms with Crippen molar-refractivity contribution in [1.82, 2.24) is 10.2 Å². The summed E-state index contributed by atoms with van der Waals surface area (Å²) in [5.41, 5.74) is 0.698. The number of carbonyl (C=O) groups excluding carboxylic acids is 2. The summed E-state index contributed by atoms with van der Waals surface area (Å²) in [6.45, 7) is 0.636. The van der Waals surface area contributed by atoms with Crippen LogP contribution >= 0.6 is 11.6 Å². The summed E-state index contributed by atoms with van der Waals surface area (Å²) in [4.78, 5) is 26.8. The van der Waals surface area contributed by atoms with Crippen LogP contribution in [0.4, 0.5) is 10.5 Å². The van der Waals surface area contributed by atoms with Gasteiger partial charge in [0.1, 0.15) is 6.04 Å². The van der Waals surface area contributed by atoms with E-state index in [4.69, 9.17) is 11.6 Å². The molecule has 1 atom stereocenters. The number of rotatable bonds is 3. The van der Waals surface area contributed by atoms with Gasteiger partial charge in [0.2, 0.25) is 5.91 Å². The van der Waals surface area contributed by atoms with Crippen LogP contribution in [0.25, 0.3) is 0 Å². The van der Waals surface area contributed by atoms with E-state index in [1.165, 1.54) is 19.3 Å². The molecule has 130 valence electrons. The summed E-state index contributed by atoms with van der Waals surface area (Å²) >= 11 is 5.86. The van der Waals surface area contributed by atoms with Gasteiger partial charge in [-0.25, -0.2) is 4.79 Å². The molecule has 1 aliphatic carbocycles. The highest BCUT2D eigenvalue weighted by molar-refractivity contribution is 6.30. The van der Waals surface area contributed by atoms with Gasteiger partial charge in [-0.15, -0.1) is 0 Å². The van der Waals surface area contributed by atoms with Crippen LogP contribution in [0.2, 0.25) is 5.02 Å². The van der Waals surface area contributed by atoms with Gasteiger partial charge in [0, 0.05) is 23.3 Å². The van der Waals surface area contributed by atoms with Crippen molar-refractivity contribution in [3.63, 3.8) is 0 Å². The Morgan fingerprint density at radius 2 is 1.71 bits per heavy atom. The zero-order valence-electron chi connectivity index (χ0n) is 13.8. The summed E-state index contributed by atoms with van der Waals surface area (Å²) in [7, 11) is 0. The van der Waals surface area contributed by atoms with E-state index in [2.05, 4.69) is 10.6 Å². The molecular formula is C18H24ClN3O2. The zero-order chi connectivity index (χ0) is 16.9. The second-order valence-corrected chi connectivity index (χ2v) is 7.07. The SMILES string of the molecule is O=C(Nc1ccc(Cl)cc1)[C@H]1CCCN1C(=O)NC1CCCCC1. The van der Waals surface area contributed by atoms with Gasteiger partial charge >= 0.3 is 6.03 Å². The minimum Gasteiger partial charge on any atom is -0.335 e. The average molecular weight is 350 g/mol. The number of amides is 3. The predicted molar refractivity (Wildman–Crippen MR) is 95.2 cm³/mol. The van der Waals surface area contributed by atoms with E-state index in [1.54, 1.807) is 29.2 Å². The van der Waals surface area contributed by atoms with Crippen LogP contribution in [0.1, 0.15) is 44.9 Å². The van der Waals surface area contributed by atoms with E-state index in [0.717, 1.165) is 19.3 Å². The lowest BCUT2D eigenvalue weighted by Gasteiger charge is -2.29. The molecule has 0 unspecified atom stereocenters. The molecule has 2 fully saturated rings. The van der Waals surface area contributed by atoms with Crippen LogP contribution in [0, 0.1) is 0 Å². The summed E-state index contributed by atoms with van der Waals surface area (Å²) in [5.74, 6) is -0.131. The molecule has 5 nitrogen and oxygen atoms in total. The highest BCUT2D eigenvalue weighted by atomic mass is 35.5. The van der Waals surface area contributed by atoms with E-state index in [1.807, 2.05) is 0 Å². The fourth-order valence-electron chi connectivity index (χ4n) is 3.55. The summed E-state index contributed by atoms with van der Waals surface area (Å²) in [6.07, 6.45) is 7.25. The predicted octanol–water partition coefficient (Wildman–Crippen LogP) is 3.79. The number of hydrogen-bond acceptors (Lipinski definition) is 2. The van der Waals surface area contributed by atoms with E-state index in [-0.39, 0.29) is 18.0 Å². The standard InChI is InChI=1S/C18H24ClN3O2/c19-13-8-10-15(11-9-13)20-17(23)16-7-4-12-22(16)18(24)21-14-5-2-1-3-6-14/h8-11,14,16H,1-7,12H2,(H,20,23)(H,21,24)/t16-/m1/s1. The van der Waals surface area contributed by atoms with Gasteiger partial charge in [0.15, 0.2) is 0 Å². The lowest BCUT2D eigenvalue weighted by Crippen LogP contribution is -2.50. The van der Waals surface area contributed by atoms with E-state index in [9.17, 15) is 9.59 Å². The lowest BCUT2D eigenvalue weighted by atomic mass is 9.96. The molecule has 24 heavy (non-hydrogen) atoms. The van der Waals surface area contributed by atoms with Gasteiger partial charge in [-0.05, 0) is 49.9 Å². The first-order valence-electron chi connectivity index (χ1n) is 8.77. The maximum Gasteiger partial charge on any atom is 0.318 e. The van der Waals surface area contributed by atoms with Crippen molar-refractivity contribution < 1.29 is 9.59 Å². The highest BCUT2D eigenvalue weighted by Crippen LogP contribution is 2.22. The number of carbonyl (C=O) groups is 2. The fraction of sp³-hybridized carbons (Fsp3) is 0.556. The molecule has 1 aliphatic heterocycles. The van der Waals surface area contributed by atoms with Crippen LogP contribution in [0.3, 0.4) is 0 Å². The third kappa shape index (κ3) is 4.20. The number of nitrogens with one attached hydrogen (secondary N) is 2.